The summed E-state index contributed by atoms with van der Waals surface area (Å²) in [6.45, 7) is 7.52. The molecule has 0 aliphatic heterocycles. The molecule has 0 aliphatic rings. The summed E-state index contributed by atoms with van der Waals surface area (Å²) in [5.74, 6) is 0.414. The van der Waals surface area contributed by atoms with Crippen molar-refractivity contribution >= 4 is 17.2 Å². The van der Waals surface area contributed by atoms with Gasteiger partial charge in [-0.1, -0.05) is 0 Å². The van der Waals surface area contributed by atoms with E-state index in [0.717, 1.165) is 0 Å². The van der Waals surface area contributed by atoms with Crippen LogP contribution in [0.2, 0.25) is 0 Å². The van der Waals surface area contributed by atoms with Gasteiger partial charge in [0.05, 0.1) is 12.2 Å². The number of alkyl carbamates (subject to hydrolysis) is 1. The van der Waals surface area contributed by atoms with E-state index in [0.29, 0.717) is 17.0 Å². The number of pyridine rings is 1. The Hall–Kier alpha value is -2.31. The van der Waals surface area contributed by atoms with Gasteiger partial charge in [0.15, 0.2) is 12.0 Å². The van der Waals surface area contributed by atoms with Crippen LogP contribution in [0, 0.1) is 0 Å². The van der Waals surface area contributed by atoms with Gasteiger partial charge in [-0.3, -0.25) is 0 Å². The van der Waals surface area contributed by atoms with Gasteiger partial charge < -0.3 is 19.2 Å². The Morgan fingerprint density at radius 1 is 1.43 bits per heavy atom. The number of hydrogen-bond donors (Lipinski definition) is 1. The third-order valence-corrected chi connectivity index (χ3v) is 2.44. The minimum atomic E-state index is -0.524. The number of rotatable bonds is 4. The lowest BCUT2D eigenvalue weighted by Gasteiger charge is -2.21. The maximum atomic E-state index is 11.6. The molecule has 0 saturated heterocycles. The molecule has 21 heavy (non-hydrogen) atoms. The zero-order chi connectivity index (χ0) is 15.5. The number of ether oxygens (including phenoxy) is 2. The van der Waals surface area contributed by atoms with Crippen molar-refractivity contribution in [3.63, 3.8) is 0 Å². The number of carbonyl (C=O) groups is 1. The first-order valence-corrected chi connectivity index (χ1v) is 6.65. The first kappa shape index (κ1) is 15.1. The highest BCUT2D eigenvalue weighted by molar-refractivity contribution is 5.71. The van der Waals surface area contributed by atoms with Crippen LogP contribution in [-0.4, -0.2) is 34.3 Å². The van der Waals surface area contributed by atoms with Crippen molar-refractivity contribution in [2.45, 2.75) is 39.3 Å². The standard InChI is InChI=1S/C14H19N3O4/c1-9(17-13(18)21-14(2,3)4)7-19-12-5-11-10(6-15-12)16-8-20-11/h5-6,8-9H,7H2,1-4H3,(H,17,18)/t9-/m0/s1. The molecule has 0 unspecified atom stereocenters. The van der Waals surface area contributed by atoms with Crippen molar-refractivity contribution in [3.8, 4) is 5.88 Å². The minimum Gasteiger partial charge on any atom is -0.475 e. The summed E-state index contributed by atoms with van der Waals surface area (Å²) in [6.07, 6.45) is 2.44. The van der Waals surface area contributed by atoms with Crippen LogP contribution in [0.4, 0.5) is 4.79 Å². The largest absolute Gasteiger partial charge is 0.475 e. The van der Waals surface area contributed by atoms with Gasteiger partial charge in [0, 0.05) is 6.07 Å². The number of oxazole rings is 1. The van der Waals surface area contributed by atoms with Gasteiger partial charge in [-0.25, -0.2) is 14.8 Å². The molecule has 0 fully saturated rings. The number of hydrogen-bond acceptors (Lipinski definition) is 6. The molecule has 1 amide bonds. The molecule has 2 rings (SSSR count). The normalized spacial score (nSPS) is 13.0. The summed E-state index contributed by atoms with van der Waals surface area (Å²) in [5.41, 5.74) is 0.749. The second kappa shape index (κ2) is 5.99. The van der Waals surface area contributed by atoms with Gasteiger partial charge in [0.2, 0.25) is 5.88 Å². The van der Waals surface area contributed by atoms with Crippen molar-refractivity contribution < 1.29 is 18.7 Å². The molecule has 7 heteroatoms. The average Bonchev–Trinajstić information content (AvgIpc) is 2.81. The van der Waals surface area contributed by atoms with Crippen molar-refractivity contribution in [1.82, 2.24) is 15.3 Å². The number of nitrogens with zero attached hydrogens (tertiary/aromatic N) is 2. The molecule has 2 aromatic rings. The fraction of sp³-hybridized carbons (Fsp3) is 0.500. The lowest BCUT2D eigenvalue weighted by atomic mass is 10.2. The van der Waals surface area contributed by atoms with E-state index >= 15 is 0 Å². The zero-order valence-electron chi connectivity index (χ0n) is 12.5. The first-order valence-electron chi connectivity index (χ1n) is 6.65. The molecule has 0 spiro atoms. The van der Waals surface area contributed by atoms with Crippen molar-refractivity contribution in [2.75, 3.05) is 6.61 Å². The van der Waals surface area contributed by atoms with Gasteiger partial charge in [-0.2, -0.15) is 0 Å². The summed E-state index contributed by atoms with van der Waals surface area (Å²) in [6, 6.07) is 1.44. The van der Waals surface area contributed by atoms with Gasteiger partial charge in [-0.05, 0) is 27.7 Å². The van der Waals surface area contributed by atoms with E-state index in [1.807, 2.05) is 27.7 Å². The van der Waals surface area contributed by atoms with Gasteiger partial charge >= 0.3 is 6.09 Å². The lowest BCUT2D eigenvalue weighted by molar-refractivity contribution is 0.0493. The zero-order valence-corrected chi connectivity index (χ0v) is 12.5. The fourth-order valence-corrected chi connectivity index (χ4v) is 1.58. The van der Waals surface area contributed by atoms with Crippen LogP contribution in [0.15, 0.2) is 23.1 Å². The summed E-state index contributed by atoms with van der Waals surface area (Å²) in [4.78, 5) is 19.7. The molecule has 0 aliphatic carbocycles. The highest BCUT2D eigenvalue weighted by Gasteiger charge is 2.18. The van der Waals surface area contributed by atoms with E-state index in [1.165, 1.54) is 6.39 Å². The molecule has 0 bridgehead atoms. The number of fused-ring (bicyclic) bond motifs is 1. The molecule has 0 saturated carbocycles. The SMILES string of the molecule is C[C@@H](COc1cc2ocnc2cn1)NC(=O)OC(C)(C)C. The second-order valence-corrected chi connectivity index (χ2v) is 5.70. The Morgan fingerprint density at radius 2 is 2.19 bits per heavy atom. The van der Waals surface area contributed by atoms with Gasteiger partial charge in [0.25, 0.3) is 0 Å². The van der Waals surface area contributed by atoms with Crippen LogP contribution in [0.1, 0.15) is 27.7 Å². The fourth-order valence-electron chi connectivity index (χ4n) is 1.58. The molecule has 1 atom stereocenters. The van der Waals surface area contributed by atoms with E-state index in [1.54, 1.807) is 12.3 Å². The molecular formula is C14H19N3O4. The van der Waals surface area contributed by atoms with E-state index in [-0.39, 0.29) is 12.6 Å². The predicted octanol–water partition coefficient (Wildman–Crippen LogP) is 2.51. The third kappa shape index (κ3) is 4.62. The summed E-state index contributed by atoms with van der Waals surface area (Å²) >= 11 is 0. The van der Waals surface area contributed by atoms with Crippen LogP contribution >= 0.6 is 0 Å². The Bertz CT molecular complexity index is 618. The molecule has 2 aromatic heterocycles. The topological polar surface area (TPSA) is 86.5 Å². The van der Waals surface area contributed by atoms with E-state index in [2.05, 4.69) is 15.3 Å². The Labute approximate surface area is 122 Å². The summed E-state index contributed by atoms with van der Waals surface area (Å²) in [7, 11) is 0. The van der Waals surface area contributed by atoms with Crippen LogP contribution in [0.3, 0.4) is 0 Å². The molecule has 114 valence electrons. The van der Waals surface area contributed by atoms with Crippen LogP contribution in [-0.2, 0) is 4.74 Å². The van der Waals surface area contributed by atoms with Crippen molar-refractivity contribution in [2.24, 2.45) is 0 Å². The number of nitrogens with one attached hydrogen (secondary N) is 1. The van der Waals surface area contributed by atoms with Crippen LogP contribution < -0.4 is 10.1 Å². The molecular weight excluding hydrogens is 274 g/mol. The van der Waals surface area contributed by atoms with Crippen LogP contribution in [0.25, 0.3) is 11.1 Å². The Balaban J connectivity index is 1.83. The smallest absolute Gasteiger partial charge is 0.407 e. The maximum absolute atomic E-state index is 11.6. The Kier molecular flexibility index (Phi) is 4.30. The molecule has 0 radical (unpaired) electrons. The quantitative estimate of drug-likeness (QED) is 0.932. The van der Waals surface area contributed by atoms with Crippen LogP contribution in [0.5, 0.6) is 5.88 Å². The van der Waals surface area contributed by atoms with E-state index < -0.39 is 11.7 Å². The number of amides is 1. The van der Waals surface area contributed by atoms with E-state index in [4.69, 9.17) is 13.9 Å². The molecule has 0 aromatic carbocycles. The predicted molar refractivity (Wildman–Crippen MR) is 76.1 cm³/mol. The maximum Gasteiger partial charge on any atom is 0.407 e. The molecule has 7 nitrogen and oxygen atoms in total. The highest BCUT2D eigenvalue weighted by Crippen LogP contribution is 2.16. The van der Waals surface area contributed by atoms with Crippen molar-refractivity contribution in [1.29, 1.82) is 0 Å². The van der Waals surface area contributed by atoms with E-state index in [9.17, 15) is 4.79 Å². The number of aromatic nitrogens is 2. The van der Waals surface area contributed by atoms with Crippen molar-refractivity contribution in [3.05, 3.63) is 18.7 Å². The summed E-state index contributed by atoms with van der Waals surface area (Å²) < 4.78 is 15.8. The Morgan fingerprint density at radius 3 is 2.90 bits per heavy atom. The number of carbonyl (C=O) groups excluding carboxylic acids is 1. The highest BCUT2D eigenvalue weighted by atomic mass is 16.6. The molecule has 2 heterocycles. The molecule has 1 N–H and O–H groups in total. The third-order valence-electron chi connectivity index (χ3n) is 2.44. The monoisotopic (exact) mass is 293 g/mol. The summed E-state index contributed by atoms with van der Waals surface area (Å²) in [5, 5.41) is 2.69. The van der Waals surface area contributed by atoms with Gasteiger partial charge in [0.1, 0.15) is 17.7 Å². The lowest BCUT2D eigenvalue weighted by Crippen LogP contribution is -2.40. The second-order valence-electron chi connectivity index (χ2n) is 5.70. The average molecular weight is 293 g/mol. The minimum absolute atomic E-state index is 0.216. The van der Waals surface area contributed by atoms with Gasteiger partial charge in [-0.15, -0.1) is 0 Å². The first-order chi connectivity index (χ1) is 9.83.